The Balaban J connectivity index is 1.46. The average molecular weight is 417 g/mol. The summed E-state index contributed by atoms with van der Waals surface area (Å²) in [6.07, 6.45) is 3.49. The Labute approximate surface area is 175 Å². The molecule has 146 valence electrons. The number of hydrogen-bond donors (Lipinski definition) is 0. The van der Waals surface area contributed by atoms with Crippen LogP contribution in [0, 0.1) is 5.92 Å². The molecule has 2 aromatic rings. The Morgan fingerprint density at radius 1 is 1.07 bits per heavy atom. The van der Waals surface area contributed by atoms with Gasteiger partial charge in [-0.2, -0.15) is 0 Å². The number of carbonyl (C=O) groups excluding carboxylic acids is 1. The van der Waals surface area contributed by atoms with Crippen LogP contribution in [0.4, 0.5) is 0 Å². The van der Waals surface area contributed by atoms with Crippen molar-refractivity contribution in [2.45, 2.75) is 38.3 Å². The molecule has 1 fully saturated rings. The van der Waals surface area contributed by atoms with Crippen LogP contribution in [0.1, 0.15) is 36.8 Å². The summed E-state index contributed by atoms with van der Waals surface area (Å²) in [5, 5.41) is 5.56. The van der Waals surface area contributed by atoms with Crippen LogP contribution in [0.3, 0.4) is 0 Å². The number of carbonyl (C=O) groups is 1. The molecule has 0 N–H and O–H groups in total. The average Bonchev–Trinajstić information content (AvgIpc) is 3.10. The molecule has 0 aromatic heterocycles. The molecule has 0 spiro atoms. The summed E-state index contributed by atoms with van der Waals surface area (Å²) in [6.45, 7) is 0.967. The van der Waals surface area contributed by atoms with Gasteiger partial charge in [-0.25, -0.2) is 0 Å². The van der Waals surface area contributed by atoms with Crippen molar-refractivity contribution in [2.75, 3.05) is 6.54 Å². The number of oxime groups is 1. The minimum Gasteiger partial charge on any atom is -0.390 e. The van der Waals surface area contributed by atoms with Gasteiger partial charge in [-0.15, -0.1) is 0 Å². The predicted octanol–water partition coefficient (Wildman–Crippen LogP) is 5.32. The molecule has 1 atom stereocenters. The number of benzene rings is 2. The third-order valence-electron chi connectivity index (χ3n) is 5.43. The van der Waals surface area contributed by atoms with Crippen LogP contribution in [0.25, 0.3) is 0 Å². The second-order valence-corrected chi connectivity index (χ2v) is 8.20. The maximum absolute atomic E-state index is 13.0. The van der Waals surface area contributed by atoms with Gasteiger partial charge in [-0.1, -0.05) is 71.2 Å². The topological polar surface area (TPSA) is 41.9 Å². The lowest BCUT2D eigenvalue weighted by Gasteiger charge is -2.33. The Hall–Kier alpha value is -2.04. The first kappa shape index (κ1) is 19.3. The van der Waals surface area contributed by atoms with Crippen molar-refractivity contribution in [1.29, 1.82) is 0 Å². The highest BCUT2D eigenvalue weighted by Gasteiger charge is 2.33. The molecule has 1 aliphatic carbocycles. The Morgan fingerprint density at radius 3 is 2.46 bits per heavy atom. The lowest BCUT2D eigenvalue weighted by molar-refractivity contribution is -0.140. The van der Waals surface area contributed by atoms with Crippen LogP contribution in [0.15, 0.2) is 53.7 Å². The SMILES string of the molecule is O=C(C1CCC1)N(Cc1ccccc1Cl)C[C@H]1CC(c2ccccc2Cl)=NO1. The zero-order valence-corrected chi connectivity index (χ0v) is 17.0. The van der Waals surface area contributed by atoms with Gasteiger partial charge >= 0.3 is 0 Å². The fourth-order valence-electron chi connectivity index (χ4n) is 3.60. The molecular weight excluding hydrogens is 395 g/mol. The predicted molar refractivity (Wildman–Crippen MR) is 112 cm³/mol. The first-order valence-electron chi connectivity index (χ1n) is 9.61. The van der Waals surface area contributed by atoms with Crippen LogP contribution in [0.5, 0.6) is 0 Å². The van der Waals surface area contributed by atoms with Gasteiger partial charge in [0.05, 0.1) is 12.3 Å². The molecule has 0 radical (unpaired) electrons. The van der Waals surface area contributed by atoms with E-state index in [2.05, 4.69) is 5.16 Å². The van der Waals surface area contributed by atoms with Crippen molar-refractivity contribution in [3.05, 3.63) is 69.7 Å². The highest BCUT2D eigenvalue weighted by molar-refractivity contribution is 6.34. The molecule has 28 heavy (non-hydrogen) atoms. The molecule has 6 heteroatoms. The zero-order chi connectivity index (χ0) is 19.5. The van der Waals surface area contributed by atoms with Crippen LogP contribution in [-0.4, -0.2) is 29.2 Å². The number of rotatable bonds is 6. The van der Waals surface area contributed by atoms with Crippen molar-refractivity contribution in [3.8, 4) is 0 Å². The number of halogens is 2. The van der Waals surface area contributed by atoms with Crippen molar-refractivity contribution in [3.63, 3.8) is 0 Å². The monoisotopic (exact) mass is 416 g/mol. The first-order valence-corrected chi connectivity index (χ1v) is 10.4. The van der Waals surface area contributed by atoms with Gasteiger partial charge < -0.3 is 9.74 Å². The Kier molecular flexibility index (Phi) is 5.88. The van der Waals surface area contributed by atoms with Crippen molar-refractivity contribution >= 4 is 34.8 Å². The number of nitrogens with zero attached hydrogens (tertiary/aromatic N) is 2. The van der Waals surface area contributed by atoms with Gasteiger partial charge in [0.1, 0.15) is 0 Å². The number of amides is 1. The van der Waals surface area contributed by atoms with Gasteiger partial charge in [0.15, 0.2) is 6.10 Å². The van der Waals surface area contributed by atoms with Gasteiger partial charge in [0.25, 0.3) is 0 Å². The van der Waals surface area contributed by atoms with E-state index in [1.165, 1.54) is 0 Å². The molecule has 0 bridgehead atoms. The highest BCUT2D eigenvalue weighted by Crippen LogP contribution is 2.30. The maximum Gasteiger partial charge on any atom is 0.226 e. The number of hydrogen-bond acceptors (Lipinski definition) is 3. The Morgan fingerprint density at radius 2 is 1.79 bits per heavy atom. The summed E-state index contributed by atoms with van der Waals surface area (Å²) in [5.41, 5.74) is 2.65. The fraction of sp³-hybridized carbons (Fsp3) is 0.364. The molecule has 1 heterocycles. The fourth-order valence-corrected chi connectivity index (χ4v) is 4.04. The highest BCUT2D eigenvalue weighted by atomic mass is 35.5. The molecule has 2 aromatic carbocycles. The standard InChI is InChI=1S/C22H22Cl2N2O2/c23-19-10-3-1-6-16(19)13-26(22(27)15-7-5-8-15)14-17-12-21(25-28-17)18-9-2-4-11-20(18)24/h1-4,6,9-11,15,17H,5,7-8,12-14H2/t17-/m1/s1. The smallest absolute Gasteiger partial charge is 0.226 e. The largest absolute Gasteiger partial charge is 0.390 e. The normalized spacial score (nSPS) is 18.9. The van der Waals surface area contributed by atoms with E-state index in [4.69, 9.17) is 28.0 Å². The van der Waals surface area contributed by atoms with E-state index < -0.39 is 0 Å². The Bertz CT molecular complexity index is 896. The van der Waals surface area contributed by atoms with Crippen molar-refractivity contribution in [1.82, 2.24) is 4.90 Å². The van der Waals surface area contributed by atoms with E-state index in [1.807, 2.05) is 53.4 Å². The second kappa shape index (κ2) is 8.54. The van der Waals surface area contributed by atoms with Gasteiger partial charge in [-0.3, -0.25) is 4.79 Å². The van der Waals surface area contributed by atoms with Crippen LogP contribution in [0.2, 0.25) is 10.0 Å². The third kappa shape index (κ3) is 4.18. The zero-order valence-electron chi connectivity index (χ0n) is 15.5. The van der Waals surface area contributed by atoms with Crippen molar-refractivity contribution in [2.24, 2.45) is 11.1 Å². The molecule has 0 unspecified atom stereocenters. The maximum atomic E-state index is 13.0. The van der Waals surface area contributed by atoms with Crippen LogP contribution in [-0.2, 0) is 16.2 Å². The van der Waals surface area contributed by atoms with E-state index in [0.29, 0.717) is 29.6 Å². The van der Waals surface area contributed by atoms with Crippen molar-refractivity contribution < 1.29 is 9.63 Å². The molecule has 0 saturated heterocycles. The van der Waals surface area contributed by atoms with Crippen LogP contribution >= 0.6 is 23.2 Å². The molecular formula is C22H22Cl2N2O2. The molecule has 1 amide bonds. The summed E-state index contributed by atoms with van der Waals surface area (Å²) in [4.78, 5) is 20.5. The van der Waals surface area contributed by atoms with E-state index in [1.54, 1.807) is 0 Å². The summed E-state index contributed by atoms with van der Waals surface area (Å²) in [5.74, 6) is 0.300. The second-order valence-electron chi connectivity index (χ2n) is 7.39. The van der Waals surface area contributed by atoms with E-state index in [9.17, 15) is 4.79 Å². The van der Waals surface area contributed by atoms with Crippen LogP contribution < -0.4 is 0 Å². The van der Waals surface area contributed by atoms with E-state index in [-0.39, 0.29) is 17.9 Å². The lowest BCUT2D eigenvalue weighted by atomic mass is 9.84. The quantitative estimate of drug-likeness (QED) is 0.639. The van der Waals surface area contributed by atoms with E-state index >= 15 is 0 Å². The molecule has 4 nitrogen and oxygen atoms in total. The van der Waals surface area contributed by atoms with Gasteiger partial charge in [0.2, 0.25) is 5.91 Å². The first-order chi connectivity index (χ1) is 13.6. The molecule has 2 aliphatic rings. The minimum absolute atomic E-state index is 0.118. The summed E-state index contributed by atoms with van der Waals surface area (Å²) in [6, 6.07) is 15.3. The minimum atomic E-state index is -0.183. The van der Waals surface area contributed by atoms with Gasteiger partial charge in [-0.05, 0) is 30.5 Å². The summed E-state index contributed by atoms with van der Waals surface area (Å²) >= 11 is 12.6. The molecule has 4 rings (SSSR count). The molecule has 1 saturated carbocycles. The van der Waals surface area contributed by atoms with E-state index in [0.717, 1.165) is 36.1 Å². The summed E-state index contributed by atoms with van der Waals surface area (Å²) < 4.78 is 0. The lowest BCUT2D eigenvalue weighted by Crippen LogP contribution is -2.42. The third-order valence-corrected chi connectivity index (χ3v) is 6.13. The summed E-state index contributed by atoms with van der Waals surface area (Å²) in [7, 11) is 0. The van der Waals surface area contributed by atoms with Gasteiger partial charge in [0, 0.05) is 34.5 Å². The molecule has 1 aliphatic heterocycles.